The minimum absolute atomic E-state index is 0.0249. The minimum atomic E-state index is -0.477. The van der Waals surface area contributed by atoms with E-state index in [-0.39, 0.29) is 5.69 Å². The van der Waals surface area contributed by atoms with E-state index in [1.807, 2.05) is 0 Å². The molecule has 0 bridgehead atoms. The van der Waals surface area contributed by atoms with E-state index < -0.39 is 4.92 Å². The summed E-state index contributed by atoms with van der Waals surface area (Å²) < 4.78 is 0. The molecule has 0 aliphatic rings. The van der Waals surface area contributed by atoms with Gasteiger partial charge in [-0.3, -0.25) is 10.1 Å². The number of aryl methyl sites for hydroxylation is 1. The molecular formula is C7H6N4O2. The fourth-order valence-corrected chi connectivity index (χ4v) is 0.958. The van der Waals surface area contributed by atoms with Crippen molar-refractivity contribution >= 4 is 11.4 Å². The highest BCUT2D eigenvalue weighted by Gasteiger charge is 2.08. The van der Waals surface area contributed by atoms with Crippen LogP contribution >= 0.6 is 0 Å². The highest BCUT2D eigenvalue weighted by atomic mass is 16.6. The maximum Gasteiger partial charge on any atom is 0.272 e. The predicted octanol–water partition coefficient (Wildman–Crippen LogP) is 2.85. The average molecular weight is 178 g/mol. The van der Waals surface area contributed by atoms with Gasteiger partial charge in [0.2, 0.25) is 0 Å². The van der Waals surface area contributed by atoms with Gasteiger partial charge < -0.3 is 0 Å². The van der Waals surface area contributed by atoms with Crippen molar-refractivity contribution in [3.05, 3.63) is 44.3 Å². The molecule has 0 radical (unpaired) electrons. The van der Waals surface area contributed by atoms with E-state index in [1.54, 1.807) is 6.92 Å². The van der Waals surface area contributed by atoms with E-state index in [0.717, 1.165) is 0 Å². The first-order valence-electron chi connectivity index (χ1n) is 3.45. The highest BCUT2D eigenvalue weighted by molar-refractivity contribution is 5.50. The standard InChI is InChI=1S/C7H6N4O2/c1-5-4-6(9-10-8)2-3-7(5)11(12)13/h2-4H,1H3. The number of hydrogen-bond donors (Lipinski definition) is 0. The van der Waals surface area contributed by atoms with E-state index >= 15 is 0 Å². The summed E-state index contributed by atoms with van der Waals surface area (Å²) in [4.78, 5) is 12.5. The van der Waals surface area contributed by atoms with Crippen molar-refractivity contribution in [2.24, 2.45) is 5.11 Å². The lowest BCUT2D eigenvalue weighted by atomic mass is 10.2. The van der Waals surface area contributed by atoms with Gasteiger partial charge in [-0.1, -0.05) is 5.11 Å². The van der Waals surface area contributed by atoms with Crippen LogP contribution in [0.25, 0.3) is 10.4 Å². The van der Waals surface area contributed by atoms with Crippen molar-refractivity contribution < 1.29 is 4.92 Å². The molecule has 0 saturated carbocycles. The summed E-state index contributed by atoms with van der Waals surface area (Å²) in [5.74, 6) is 0. The number of nitrogens with zero attached hydrogens (tertiary/aromatic N) is 4. The van der Waals surface area contributed by atoms with E-state index in [0.29, 0.717) is 11.3 Å². The van der Waals surface area contributed by atoms with Crippen LogP contribution in [0.1, 0.15) is 5.56 Å². The summed E-state index contributed by atoms with van der Waals surface area (Å²) >= 11 is 0. The van der Waals surface area contributed by atoms with Crippen molar-refractivity contribution in [3.63, 3.8) is 0 Å². The third-order valence-corrected chi connectivity index (χ3v) is 1.54. The molecule has 6 heteroatoms. The minimum Gasteiger partial charge on any atom is -0.258 e. The summed E-state index contributed by atoms with van der Waals surface area (Å²) in [5.41, 5.74) is 9.00. The van der Waals surface area contributed by atoms with Crippen molar-refractivity contribution in [2.45, 2.75) is 6.92 Å². The van der Waals surface area contributed by atoms with Gasteiger partial charge in [0.1, 0.15) is 0 Å². The van der Waals surface area contributed by atoms with Crippen molar-refractivity contribution in [1.82, 2.24) is 0 Å². The van der Waals surface area contributed by atoms with Gasteiger partial charge in [0, 0.05) is 22.2 Å². The van der Waals surface area contributed by atoms with Crippen LogP contribution in [0.4, 0.5) is 11.4 Å². The zero-order valence-electron chi connectivity index (χ0n) is 6.84. The molecule has 0 unspecified atom stereocenters. The summed E-state index contributed by atoms with van der Waals surface area (Å²) in [6, 6.07) is 4.20. The highest BCUT2D eigenvalue weighted by Crippen LogP contribution is 2.23. The third kappa shape index (κ3) is 1.94. The molecule has 0 spiro atoms. The molecule has 0 fully saturated rings. The Balaban J connectivity index is 3.19. The van der Waals surface area contributed by atoms with E-state index in [1.165, 1.54) is 18.2 Å². The largest absolute Gasteiger partial charge is 0.272 e. The molecule has 0 aliphatic carbocycles. The zero-order valence-corrected chi connectivity index (χ0v) is 6.84. The molecule has 0 atom stereocenters. The molecule has 0 N–H and O–H groups in total. The van der Waals surface area contributed by atoms with Gasteiger partial charge >= 0.3 is 0 Å². The lowest BCUT2D eigenvalue weighted by Crippen LogP contribution is -1.90. The molecule has 0 saturated heterocycles. The fraction of sp³-hybridized carbons (Fsp3) is 0.143. The topological polar surface area (TPSA) is 91.9 Å². The molecule has 1 aromatic rings. The molecule has 1 aromatic carbocycles. The van der Waals surface area contributed by atoms with Gasteiger partial charge in [-0.05, 0) is 24.6 Å². The van der Waals surface area contributed by atoms with Gasteiger partial charge in [0.15, 0.2) is 0 Å². The number of nitro groups is 1. The summed E-state index contributed by atoms with van der Waals surface area (Å²) in [7, 11) is 0. The van der Waals surface area contributed by atoms with E-state index in [4.69, 9.17) is 5.53 Å². The van der Waals surface area contributed by atoms with Crippen LogP contribution in [0.2, 0.25) is 0 Å². The summed E-state index contributed by atoms with van der Waals surface area (Å²) in [5, 5.41) is 13.7. The van der Waals surface area contributed by atoms with E-state index in [9.17, 15) is 10.1 Å². The van der Waals surface area contributed by atoms with Crippen LogP contribution in [0.15, 0.2) is 23.3 Å². The number of nitro benzene ring substituents is 1. The Labute approximate surface area is 73.6 Å². The second kappa shape index (κ2) is 3.55. The monoisotopic (exact) mass is 178 g/mol. The zero-order chi connectivity index (χ0) is 9.84. The summed E-state index contributed by atoms with van der Waals surface area (Å²) in [6.45, 7) is 1.59. The SMILES string of the molecule is Cc1cc(N=[N+]=[N-])ccc1[N+](=O)[O-]. The Morgan fingerprint density at radius 2 is 2.31 bits per heavy atom. The Morgan fingerprint density at radius 1 is 1.62 bits per heavy atom. The fourth-order valence-electron chi connectivity index (χ4n) is 0.958. The number of rotatable bonds is 2. The van der Waals surface area contributed by atoms with Crippen LogP contribution in [0.3, 0.4) is 0 Å². The van der Waals surface area contributed by atoms with Crippen LogP contribution in [0, 0.1) is 17.0 Å². The molecule has 6 nitrogen and oxygen atoms in total. The second-order valence-corrected chi connectivity index (χ2v) is 2.42. The molecule has 0 aliphatic heterocycles. The quantitative estimate of drug-likeness (QED) is 0.229. The first-order valence-corrected chi connectivity index (χ1v) is 3.45. The van der Waals surface area contributed by atoms with Crippen molar-refractivity contribution in [3.8, 4) is 0 Å². The first-order chi connectivity index (χ1) is 6.15. The van der Waals surface area contributed by atoms with Crippen molar-refractivity contribution in [2.75, 3.05) is 0 Å². The van der Waals surface area contributed by atoms with Crippen molar-refractivity contribution in [1.29, 1.82) is 0 Å². The van der Waals surface area contributed by atoms with Crippen LogP contribution in [-0.4, -0.2) is 4.92 Å². The Bertz CT molecular complexity index is 395. The predicted molar refractivity (Wildman–Crippen MR) is 46.6 cm³/mol. The number of hydrogen-bond acceptors (Lipinski definition) is 3. The average Bonchev–Trinajstić information content (AvgIpc) is 2.04. The van der Waals surface area contributed by atoms with Crippen LogP contribution < -0.4 is 0 Å². The second-order valence-electron chi connectivity index (χ2n) is 2.42. The number of azide groups is 1. The lowest BCUT2D eigenvalue weighted by molar-refractivity contribution is -0.385. The lowest BCUT2D eigenvalue weighted by Gasteiger charge is -1.96. The smallest absolute Gasteiger partial charge is 0.258 e. The molecule has 0 amide bonds. The first kappa shape index (κ1) is 9.02. The van der Waals surface area contributed by atoms with Crippen LogP contribution in [0.5, 0.6) is 0 Å². The molecular weight excluding hydrogens is 172 g/mol. The number of benzene rings is 1. The third-order valence-electron chi connectivity index (χ3n) is 1.54. The Kier molecular flexibility index (Phi) is 2.47. The Morgan fingerprint density at radius 3 is 2.77 bits per heavy atom. The maximum atomic E-state index is 10.4. The van der Waals surface area contributed by atoms with Gasteiger partial charge in [0.25, 0.3) is 5.69 Å². The molecule has 0 heterocycles. The van der Waals surface area contributed by atoms with Crippen LogP contribution in [-0.2, 0) is 0 Å². The van der Waals surface area contributed by atoms with Gasteiger partial charge in [-0.25, -0.2) is 0 Å². The van der Waals surface area contributed by atoms with E-state index in [2.05, 4.69) is 10.0 Å². The molecule has 13 heavy (non-hydrogen) atoms. The molecule has 66 valence electrons. The normalized spacial score (nSPS) is 9.00. The van der Waals surface area contributed by atoms with Gasteiger partial charge in [-0.15, -0.1) is 0 Å². The maximum absolute atomic E-state index is 10.4. The van der Waals surface area contributed by atoms with Gasteiger partial charge in [-0.2, -0.15) is 0 Å². The molecule has 1 rings (SSSR count). The Hall–Kier alpha value is -2.07. The molecule has 0 aromatic heterocycles. The summed E-state index contributed by atoms with van der Waals surface area (Å²) in [6.07, 6.45) is 0. The van der Waals surface area contributed by atoms with Gasteiger partial charge in [0.05, 0.1) is 4.92 Å².